The number of halogens is 1. The molecule has 0 bridgehead atoms. The molecule has 0 aliphatic rings. The molecular weight excluding hydrogens is 364 g/mol. The third-order valence-electron chi connectivity index (χ3n) is 3.82. The first kappa shape index (κ1) is 22.5. The number of urea groups is 1. The van der Waals surface area contributed by atoms with Crippen LogP contribution in [0.5, 0.6) is 0 Å². The zero-order valence-corrected chi connectivity index (χ0v) is 16.6. The van der Waals surface area contributed by atoms with E-state index in [1.165, 1.54) is 0 Å². The molecular formula is C20H27ClN4O2. The maximum Gasteiger partial charge on any atom is 0.319 e. The van der Waals surface area contributed by atoms with Crippen molar-refractivity contribution in [3.05, 3.63) is 65.2 Å². The van der Waals surface area contributed by atoms with Crippen molar-refractivity contribution in [1.82, 2.24) is 10.6 Å². The highest BCUT2D eigenvalue weighted by Gasteiger charge is 2.15. The summed E-state index contributed by atoms with van der Waals surface area (Å²) < 4.78 is 0. The van der Waals surface area contributed by atoms with Gasteiger partial charge in [0.25, 0.3) is 0 Å². The minimum Gasteiger partial charge on any atom is -0.350 e. The average Bonchev–Trinajstić information content (AvgIpc) is 2.60. The average molecular weight is 391 g/mol. The van der Waals surface area contributed by atoms with Crippen LogP contribution in [-0.4, -0.2) is 18.0 Å². The van der Waals surface area contributed by atoms with Gasteiger partial charge < -0.3 is 21.7 Å². The van der Waals surface area contributed by atoms with E-state index in [4.69, 9.17) is 5.73 Å². The number of benzene rings is 2. The van der Waals surface area contributed by atoms with Gasteiger partial charge in [0.05, 0.1) is 0 Å². The molecule has 2 rings (SSSR count). The first-order valence-electron chi connectivity index (χ1n) is 8.61. The molecule has 7 heteroatoms. The molecule has 0 saturated carbocycles. The van der Waals surface area contributed by atoms with Crippen molar-refractivity contribution in [3.8, 4) is 0 Å². The largest absolute Gasteiger partial charge is 0.350 e. The van der Waals surface area contributed by atoms with Crippen LogP contribution in [0.2, 0.25) is 0 Å². The summed E-state index contributed by atoms with van der Waals surface area (Å²) >= 11 is 0. The second-order valence-corrected chi connectivity index (χ2v) is 6.56. The Labute approximate surface area is 166 Å². The first-order valence-corrected chi connectivity index (χ1v) is 8.61. The van der Waals surface area contributed by atoms with Gasteiger partial charge in [0.15, 0.2) is 0 Å². The summed E-state index contributed by atoms with van der Waals surface area (Å²) in [7, 11) is 0. The van der Waals surface area contributed by atoms with Crippen LogP contribution in [0, 0.1) is 6.92 Å². The molecule has 2 aromatic rings. The Morgan fingerprint density at radius 1 is 1.00 bits per heavy atom. The van der Waals surface area contributed by atoms with Crippen LogP contribution in [0.25, 0.3) is 0 Å². The van der Waals surface area contributed by atoms with Crippen molar-refractivity contribution in [3.63, 3.8) is 0 Å². The molecule has 27 heavy (non-hydrogen) atoms. The van der Waals surface area contributed by atoms with Crippen molar-refractivity contribution in [2.75, 3.05) is 5.32 Å². The molecule has 0 radical (unpaired) electrons. The molecule has 0 aliphatic carbocycles. The predicted molar refractivity (Wildman–Crippen MR) is 111 cm³/mol. The molecule has 1 atom stereocenters. The lowest BCUT2D eigenvalue weighted by molar-refractivity contribution is -0.122. The number of carbonyl (C=O) groups is 2. The Kier molecular flexibility index (Phi) is 8.78. The van der Waals surface area contributed by atoms with Gasteiger partial charge in [-0.05, 0) is 44.0 Å². The summed E-state index contributed by atoms with van der Waals surface area (Å²) in [4.78, 5) is 23.9. The number of amides is 3. The van der Waals surface area contributed by atoms with Gasteiger partial charge in [-0.3, -0.25) is 4.79 Å². The lowest BCUT2D eigenvalue weighted by atomic mass is 10.1. The first-order chi connectivity index (χ1) is 12.3. The van der Waals surface area contributed by atoms with E-state index in [-0.39, 0.29) is 30.4 Å². The van der Waals surface area contributed by atoms with E-state index in [2.05, 4.69) is 16.0 Å². The van der Waals surface area contributed by atoms with Crippen LogP contribution in [-0.2, 0) is 11.3 Å². The zero-order chi connectivity index (χ0) is 19.1. The molecule has 6 nitrogen and oxygen atoms in total. The summed E-state index contributed by atoms with van der Waals surface area (Å²) in [6, 6.07) is 14.0. The molecule has 146 valence electrons. The summed E-state index contributed by atoms with van der Waals surface area (Å²) in [5.41, 5.74) is 9.52. The van der Waals surface area contributed by atoms with Gasteiger partial charge in [-0.2, -0.15) is 0 Å². The Hall–Kier alpha value is -2.57. The molecule has 0 aliphatic heterocycles. The highest BCUT2D eigenvalue weighted by atomic mass is 35.5. The fraction of sp³-hybridized carbons (Fsp3) is 0.300. The molecule has 0 fully saturated rings. The monoisotopic (exact) mass is 390 g/mol. The van der Waals surface area contributed by atoms with Crippen LogP contribution >= 0.6 is 12.4 Å². The van der Waals surface area contributed by atoms with Crippen molar-refractivity contribution >= 4 is 30.0 Å². The van der Waals surface area contributed by atoms with Gasteiger partial charge in [0.2, 0.25) is 5.91 Å². The van der Waals surface area contributed by atoms with Crippen molar-refractivity contribution in [1.29, 1.82) is 0 Å². The van der Waals surface area contributed by atoms with Gasteiger partial charge in [-0.1, -0.05) is 42.0 Å². The highest BCUT2D eigenvalue weighted by molar-refractivity contribution is 5.89. The number of aryl methyl sites for hydroxylation is 1. The number of carbonyl (C=O) groups excluding carboxylic acids is 2. The van der Waals surface area contributed by atoms with E-state index in [1.54, 1.807) is 12.1 Å². The van der Waals surface area contributed by atoms with Gasteiger partial charge >= 0.3 is 6.03 Å². The molecule has 2 aromatic carbocycles. The minimum absolute atomic E-state index is 0. The van der Waals surface area contributed by atoms with E-state index in [1.807, 2.05) is 57.2 Å². The highest BCUT2D eigenvalue weighted by Crippen LogP contribution is 2.13. The number of nitrogens with two attached hydrogens (primary N) is 1. The second kappa shape index (κ2) is 10.5. The lowest BCUT2D eigenvalue weighted by Crippen LogP contribution is -2.34. The maximum atomic E-state index is 12.2. The van der Waals surface area contributed by atoms with E-state index < -0.39 is 6.04 Å². The maximum absolute atomic E-state index is 12.2. The molecule has 0 spiro atoms. The quantitative estimate of drug-likeness (QED) is 0.609. The van der Waals surface area contributed by atoms with Crippen LogP contribution in [0.1, 0.15) is 36.6 Å². The Bertz CT molecular complexity index is 746. The Morgan fingerprint density at radius 2 is 1.59 bits per heavy atom. The second-order valence-electron chi connectivity index (χ2n) is 6.56. The number of rotatable bonds is 6. The third-order valence-corrected chi connectivity index (χ3v) is 3.82. The lowest BCUT2D eigenvalue weighted by Gasteiger charge is -2.13. The molecule has 3 amide bonds. The minimum atomic E-state index is -0.698. The van der Waals surface area contributed by atoms with Crippen LogP contribution in [0.4, 0.5) is 10.5 Å². The van der Waals surface area contributed by atoms with Crippen LogP contribution in [0.15, 0.2) is 48.5 Å². The van der Waals surface area contributed by atoms with Gasteiger partial charge in [-0.15, -0.1) is 12.4 Å². The SMILES string of the molecule is Cc1ccc(C(N)C(=O)NCc2ccc(NC(=O)NC(C)C)cc2)cc1.Cl. The van der Waals surface area contributed by atoms with Crippen molar-refractivity contribution < 1.29 is 9.59 Å². The smallest absolute Gasteiger partial charge is 0.319 e. The number of hydrogen-bond acceptors (Lipinski definition) is 3. The van der Waals surface area contributed by atoms with E-state index in [9.17, 15) is 9.59 Å². The van der Waals surface area contributed by atoms with Gasteiger partial charge in [0, 0.05) is 18.3 Å². The summed E-state index contributed by atoms with van der Waals surface area (Å²) in [6.45, 7) is 6.15. The molecule has 0 heterocycles. The number of hydrogen-bond donors (Lipinski definition) is 4. The van der Waals surface area contributed by atoms with Gasteiger partial charge in [0.1, 0.15) is 6.04 Å². The van der Waals surface area contributed by atoms with E-state index in [0.717, 1.165) is 16.7 Å². The normalized spacial score (nSPS) is 11.3. The molecule has 1 unspecified atom stereocenters. The Morgan fingerprint density at radius 3 is 2.15 bits per heavy atom. The molecule has 0 saturated heterocycles. The van der Waals surface area contributed by atoms with Gasteiger partial charge in [-0.25, -0.2) is 4.79 Å². The topological polar surface area (TPSA) is 96.2 Å². The van der Waals surface area contributed by atoms with E-state index >= 15 is 0 Å². The zero-order valence-electron chi connectivity index (χ0n) is 15.8. The summed E-state index contributed by atoms with van der Waals surface area (Å²) in [5, 5.41) is 8.34. The predicted octanol–water partition coefficient (Wildman–Crippen LogP) is 3.26. The number of anilines is 1. The van der Waals surface area contributed by atoms with Crippen LogP contribution < -0.4 is 21.7 Å². The molecule has 0 aromatic heterocycles. The summed E-state index contributed by atoms with van der Waals surface area (Å²) in [5.74, 6) is -0.229. The Balaban J connectivity index is 0.00000364. The van der Waals surface area contributed by atoms with Crippen molar-refractivity contribution in [2.24, 2.45) is 5.73 Å². The third kappa shape index (κ3) is 7.29. The number of nitrogens with one attached hydrogen (secondary N) is 3. The van der Waals surface area contributed by atoms with Crippen molar-refractivity contribution in [2.45, 2.75) is 39.4 Å². The summed E-state index contributed by atoms with van der Waals surface area (Å²) in [6.07, 6.45) is 0. The molecule has 5 N–H and O–H groups in total. The standard InChI is InChI=1S/C20H26N4O2.ClH/c1-13(2)23-20(26)24-17-10-6-15(7-11-17)12-22-19(25)18(21)16-8-4-14(3)5-9-16;/h4-11,13,18H,12,21H2,1-3H3,(H,22,25)(H2,23,24,26);1H. The van der Waals surface area contributed by atoms with E-state index in [0.29, 0.717) is 12.2 Å². The van der Waals surface area contributed by atoms with Crippen LogP contribution in [0.3, 0.4) is 0 Å². The fourth-order valence-corrected chi connectivity index (χ4v) is 2.36. The fourth-order valence-electron chi connectivity index (χ4n) is 2.36.